The van der Waals surface area contributed by atoms with E-state index >= 15 is 0 Å². The van der Waals surface area contributed by atoms with Gasteiger partial charge in [0.1, 0.15) is 11.6 Å². The topological polar surface area (TPSA) is 38.9 Å². The van der Waals surface area contributed by atoms with Crippen molar-refractivity contribution in [1.82, 2.24) is 4.98 Å². The molecule has 1 heterocycles. The van der Waals surface area contributed by atoms with E-state index < -0.39 is 11.6 Å². The van der Waals surface area contributed by atoms with E-state index in [2.05, 4.69) is 4.98 Å². The maximum Gasteiger partial charge on any atom is 0.126 e. The number of pyridine rings is 1. The standard InChI is InChI=1S/C14H14F2N2/c15-12-6-11(7-13(16)8-12)14(17)4-3-10-2-1-5-18-9-10/h1-2,5-9,14H,3-4,17H2. The van der Waals surface area contributed by atoms with Crippen LogP contribution in [-0.2, 0) is 6.42 Å². The maximum atomic E-state index is 13.0. The number of nitrogens with zero attached hydrogens (tertiary/aromatic N) is 1. The summed E-state index contributed by atoms with van der Waals surface area (Å²) in [4.78, 5) is 4.00. The van der Waals surface area contributed by atoms with Crippen LogP contribution in [0.2, 0.25) is 0 Å². The summed E-state index contributed by atoms with van der Waals surface area (Å²) >= 11 is 0. The second kappa shape index (κ2) is 5.69. The Labute approximate surface area is 104 Å². The van der Waals surface area contributed by atoms with Crippen molar-refractivity contribution in [2.75, 3.05) is 0 Å². The summed E-state index contributed by atoms with van der Waals surface area (Å²) in [5, 5.41) is 0. The van der Waals surface area contributed by atoms with Gasteiger partial charge >= 0.3 is 0 Å². The summed E-state index contributed by atoms with van der Waals surface area (Å²) < 4.78 is 26.1. The summed E-state index contributed by atoms with van der Waals surface area (Å²) in [7, 11) is 0. The van der Waals surface area contributed by atoms with Crippen LogP contribution >= 0.6 is 0 Å². The summed E-state index contributed by atoms with van der Waals surface area (Å²) in [5.41, 5.74) is 7.47. The van der Waals surface area contributed by atoms with Gasteiger partial charge < -0.3 is 5.73 Å². The van der Waals surface area contributed by atoms with Crippen LogP contribution in [0.5, 0.6) is 0 Å². The molecule has 94 valence electrons. The first kappa shape index (κ1) is 12.6. The minimum atomic E-state index is -0.596. The monoisotopic (exact) mass is 248 g/mol. The van der Waals surface area contributed by atoms with E-state index in [0.29, 0.717) is 12.0 Å². The van der Waals surface area contributed by atoms with Crippen LogP contribution in [0, 0.1) is 11.6 Å². The lowest BCUT2D eigenvalue weighted by Crippen LogP contribution is -2.12. The van der Waals surface area contributed by atoms with Crippen molar-refractivity contribution in [3.05, 3.63) is 65.5 Å². The van der Waals surface area contributed by atoms with Gasteiger partial charge in [-0.1, -0.05) is 6.07 Å². The summed E-state index contributed by atoms with van der Waals surface area (Å²) in [6, 6.07) is 6.82. The third-order valence-corrected chi connectivity index (χ3v) is 2.78. The Bertz CT molecular complexity index is 494. The summed E-state index contributed by atoms with van der Waals surface area (Å²) in [6.45, 7) is 0. The molecule has 0 bridgehead atoms. The van der Waals surface area contributed by atoms with Gasteiger partial charge in [-0.05, 0) is 42.2 Å². The summed E-state index contributed by atoms with van der Waals surface area (Å²) in [5.74, 6) is -1.19. The number of hydrogen-bond acceptors (Lipinski definition) is 2. The minimum absolute atomic E-state index is 0.379. The van der Waals surface area contributed by atoms with Gasteiger partial charge in [-0.25, -0.2) is 8.78 Å². The third kappa shape index (κ3) is 3.34. The molecule has 4 heteroatoms. The number of halogens is 2. The van der Waals surface area contributed by atoms with Crippen molar-refractivity contribution < 1.29 is 8.78 Å². The highest BCUT2D eigenvalue weighted by Gasteiger charge is 2.09. The molecule has 2 rings (SSSR count). The molecule has 0 spiro atoms. The zero-order chi connectivity index (χ0) is 13.0. The average Bonchev–Trinajstić information content (AvgIpc) is 2.36. The Kier molecular flexibility index (Phi) is 3.99. The number of benzene rings is 1. The van der Waals surface area contributed by atoms with E-state index in [0.717, 1.165) is 18.1 Å². The molecule has 0 aliphatic rings. The number of aryl methyl sites for hydroxylation is 1. The fraction of sp³-hybridized carbons (Fsp3) is 0.214. The largest absolute Gasteiger partial charge is 0.324 e. The van der Waals surface area contributed by atoms with E-state index in [1.54, 1.807) is 12.4 Å². The molecule has 2 aromatic rings. The number of rotatable bonds is 4. The Morgan fingerprint density at radius 2 is 1.89 bits per heavy atom. The molecule has 0 aliphatic carbocycles. The Balaban J connectivity index is 2.01. The fourth-order valence-electron chi connectivity index (χ4n) is 1.82. The second-order valence-corrected chi connectivity index (χ2v) is 4.21. The second-order valence-electron chi connectivity index (χ2n) is 4.21. The molecule has 0 saturated carbocycles. The van der Waals surface area contributed by atoms with Gasteiger partial charge in [0.2, 0.25) is 0 Å². The highest BCUT2D eigenvalue weighted by Crippen LogP contribution is 2.18. The Morgan fingerprint density at radius 1 is 1.17 bits per heavy atom. The molecular weight excluding hydrogens is 234 g/mol. The average molecular weight is 248 g/mol. The normalized spacial score (nSPS) is 12.4. The zero-order valence-corrected chi connectivity index (χ0v) is 9.81. The van der Waals surface area contributed by atoms with Crippen molar-refractivity contribution in [3.63, 3.8) is 0 Å². The predicted molar refractivity (Wildman–Crippen MR) is 65.8 cm³/mol. The molecule has 0 radical (unpaired) electrons. The lowest BCUT2D eigenvalue weighted by atomic mass is 10.0. The van der Waals surface area contributed by atoms with Gasteiger partial charge in [0, 0.05) is 24.5 Å². The summed E-state index contributed by atoms with van der Waals surface area (Å²) in [6.07, 6.45) is 4.81. The van der Waals surface area contributed by atoms with Gasteiger partial charge in [-0.2, -0.15) is 0 Å². The molecule has 0 fully saturated rings. The van der Waals surface area contributed by atoms with E-state index in [-0.39, 0.29) is 6.04 Å². The van der Waals surface area contributed by atoms with Crippen molar-refractivity contribution in [2.24, 2.45) is 5.73 Å². The molecule has 0 aliphatic heterocycles. The smallest absolute Gasteiger partial charge is 0.126 e. The first-order valence-electron chi connectivity index (χ1n) is 5.75. The van der Waals surface area contributed by atoms with Crippen LogP contribution in [-0.4, -0.2) is 4.98 Å². The number of aromatic nitrogens is 1. The van der Waals surface area contributed by atoms with Gasteiger partial charge in [-0.3, -0.25) is 4.98 Å². The zero-order valence-electron chi connectivity index (χ0n) is 9.81. The van der Waals surface area contributed by atoms with Gasteiger partial charge in [-0.15, -0.1) is 0 Å². The predicted octanol–water partition coefficient (Wildman–Crippen LogP) is 2.99. The van der Waals surface area contributed by atoms with Crippen LogP contribution in [0.4, 0.5) is 8.78 Å². The highest BCUT2D eigenvalue weighted by molar-refractivity contribution is 5.21. The quantitative estimate of drug-likeness (QED) is 0.903. The Morgan fingerprint density at radius 3 is 2.50 bits per heavy atom. The van der Waals surface area contributed by atoms with Gasteiger partial charge in [0.25, 0.3) is 0 Å². The van der Waals surface area contributed by atoms with Crippen molar-refractivity contribution in [2.45, 2.75) is 18.9 Å². The molecule has 2 N–H and O–H groups in total. The van der Waals surface area contributed by atoms with Crippen molar-refractivity contribution in [3.8, 4) is 0 Å². The number of nitrogens with two attached hydrogens (primary N) is 1. The highest BCUT2D eigenvalue weighted by atomic mass is 19.1. The molecule has 0 amide bonds. The van der Waals surface area contributed by atoms with E-state index in [9.17, 15) is 8.78 Å². The first-order chi connectivity index (χ1) is 8.65. The molecule has 18 heavy (non-hydrogen) atoms. The number of hydrogen-bond donors (Lipinski definition) is 1. The minimum Gasteiger partial charge on any atom is -0.324 e. The van der Waals surface area contributed by atoms with Crippen LogP contribution in [0.25, 0.3) is 0 Å². The molecule has 0 saturated heterocycles. The fourth-order valence-corrected chi connectivity index (χ4v) is 1.82. The lowest BCUT2D eigenvalue weighted by Gasteiger charge is -2.12. The molecule has 1 aromatic carbocycles. The molecule has 2 nitrogen and oxygen atoms in total. The van der Waals surface area contributed by atoms with E-state index in [1.807, 2.05) is 12.1 Å². The SMILES string of the molecule is NC(CCc1cccnc1)c1cc(F)cc(F)c1. The van der Waals surface area contributed by atoms with Crippen molar-refractivity contribution in [1.29, 1.82) is 0 Å². The molecule has 1 unspecified atom stereocenters. The van der Waals surface area contributed by atoms with Gasteiger partial charge in [0.05, 0.1) is 0 Å². The van der Waals surface area contributed by atoms with Crippen molar-refractivity contribution >= 4 is 0 Å². The van der Waals surface area contributed by atoms with E-state index in [4.69, 9.17) is 5.73 Å². The van der Waals surface area contributed by atoms with Crippen LogP contribution in [0.3, 0.4) is 0 Å². The molecule has 1 atom stereocenters. The third-order valence-electron chi connectivity index (χ3n) is 2.78. The molecule has 1 aromatic heterocycles. The van der Waals surface area contributed by atoms with Crippen LogP contribution in [0.1, 0.15) is 23.6 Å². The Hall–Kier alpha value is -1.81. The lowest BCUT2D eigenvalue weighted by molar-refractivity contribution is 0.567. The van der Waals surface area contributed by atoms with Crippen LogP contribution in [0.15, 0.2) is 42.7 Å². The maximum absolute atomic E-state index is 13.0. The first-order valence-corrected chi connectivity index (χ1v) is 5.75. The van der Waals surface area contributed by atoms with E-state index in [1.165, 1.54) is 12.1 Å². The van der Waals surface area contributed by atoms with Crippen LogP contribution < -0.4 is 5.73 Å². The molecular formula is C14H14F2N2. The van der Waals surface area contributed by atoms with Gasteiger partial charge in [0.15, 0.2) is 0 Å².